The van der Waals surface area contributed by atoms with Crippen molar-refractivity contribution in [3.05, 3.63) is 90.0 Å². The minimum atomic E-state index is -0.486. The number of benzene rings is 3. The first-order valence-electron chi connectivity index (χ1n) is 9.52. The van der Waals surface area contributed by atoms with E-state index < -0.39 is 5.97 Å². The first-order chi connectivity index (χ1) is 14.6. The fourth-order valence-electron chi connectivity index (χ4n) is 2.98. The predicted octanol–water partition coefficient (Wildman–Crippen LogP) is 4.13. The molecule has 154 valence electrons. The zero-order valence-electron chi connectivity index (χ0n) is 17.0. The van der Waals surface area contributed by atoms with Crippen LogP contribution in [0.3, 0.4) is 0 Å². The zero-order valence-corrected chi connectivity index (χ0v) is 17.0. The molecule has 0 spiro atoms. The van der Waals surface area contributed by atoms with E-state index in [9.17, 15) is 9.59 Å². The molecule has 0 saturated heterocycles. The van der Waals surface area contributed by atoms with E-state index in [1.807, 2.05) is 49.5 Å². The summed E-state index contributed by atoms with van der Waals surface area (Å²) in [6.45, 7) is 0.499. The molecule has 0 atom stereocenters. The number of hydrogen-bond acceptors (Lipinski definition) is 5. The molecule has 3 aromatic carbocycles. The Morgan fingerprint density at radius 1 is 0.933 bits per heavy atom. The number of methoxy groups -OCH3 is 1. The highest BCUT2D eigenvalue weighted by Gasteiger charge is 2.13. The molecule has 0 aliphatic carbocycles. The van der Waals surface area contributed by atoms with Crippen LogP contribution in [-0.2, 0) is 16.1 Å². The van der Waals surface area contributed by atoms with Crippen LogP contribution >= 0.6 is 0 Å². The lowest BCUT2D eigenvalue weighted by Crippen LogP contribution is -2.20. The van der Waals surface area contributed by atoms with Crippen LogP contribution in [0.2, 0.25) is 0 Å². The van der Waals surface area contributed by atoms with Crippen molar-refractivity contribution in [2.75, 3.05) is 31.0 Å². The van der Waals surface area contributed by atoms with Crippen molar-refractivity contribution in [2.24, 2.45) is 0 Å². The third kappa shape index (κ3) is 5.61. The van der Waals surface area contributed by atoms with Gasteiger partial charge in [-0.1, -0.05) is 48.5 Å². The number of carbonyl (C=O) groups is 2. The Hall–Kier alpha value is -3.80. The molecular formula is C24H24N2O4. The van der Waals surface area contributed by atoms with Gasteiger partial charge in [-0.25, -0.2) is 4.79 Å². The van der Waals surface area contributed by atoms with E-state index in [1.165, 1.54) is 12.7 Å². The molecule has 0 bridgehead atoms. The molecule has 0 unspecified atom stereocenters. The summed E-state index contributed by atoms with van der Waals surface area (Å²) >= 11 is 0. The van der Waals surface area contributed by atoms with Gasteiger partial charge in [0, 0.05) is 19.2 Å². The SMILES string of the molecule is COC(=O)COc1cccc(C(=O)Nc2ccccc2N(C)Cc2ccccc2)c1. The maximum atomic E-state index is 12.8. The predicted molar refractivity (Wildman–Crippen MR) is 117 cm³/mol. The van der Waals surface area contributed by atoms with Crippen LogP contribution in [0.4, 0.5) is 11.4 Å². The molecule has 0 aromatic heterocycles. The number of rotatable bonds is 8. The average molecular weight is 404 g/mol. The van der Waals surface area contributed by atoms with Gasteiger partial charge in [0.2, 0.25) is 0 Å². The quantitative estimate of drug-likeness (QED) is 0.572. The van der Waals surface area contributed by atoms with Crippen LogP contribution in [0, 0.1) is 0 Å². The van der Waals surface area contributed by atoms with Gasteiger partial charge < -0.3 is 19.7 Å². The summed E-state index contributed by atoms with van der Waals surface area (Å²) in [7, 11) is 3.28. The molecule has 0 heterocycles. The monoisotopic (exact) mass is 404 g/mol. The van der Waals surface area contributed by atoms with Gasteiger partial charge in [-0.3, -0.25) is 4.79 Å². The lowest BCUT2D eigenvalue weighted by molar-refractivity contribution is -0.142. The lowest BCUT2D eigenvalue weighted by Gasteiger charge is -2.23. The number of hydrogen-bond donors (Lipinski definition) is 1. The smallest absolute Gasteiger partial charge is 0.343 e. The Kier molecular flexibility index (Phi) is 7.05. The van der Waals surface area contributed by atoms with Crippen molar-refractivity contribution in [1.82, 2.24) is 0 Å². The second-order valence-electron chi connectivity index (χ2n) is 6.71. The van der Waals surface area contributed by atoms with Crippen molar-refractivity contribution in [2.45, 2.75) is 6.54 Å². The summed E-state index contributed by atoms with van der Waals surface area (Å²) in [4.78, 5) is 26.1. The van der Waals surface area contributed by atoms with Crippen LogP contribution < -0.4 is 15.0 Å². The van der Waals surface area contributed by atoms with Gasteiger partial charge in [-0.05, 0) is 35.9 Å². The van der Waals surface area contributed by atoms with Crippen molar-refractivity contribution < 1.29 is 19.1 Å². The van der Waals surface area contributed by atoms with E-state index >= 15 is 0 Å². The van der Waals surface area contributed by atoms with Gasteiger partial charge in [-0.2, -0.15) is 0 Å². The van der Waals surface area contributed by atoms with Crippen molar-refractivity contribution in [3.63, 3.8) is 0 Å². The maximum absolute atomic E-state index is 12.8. The van der Waals surface area contributed by atoms with Gasteiger partial charge in [0.1, 0.15) is 5.75 Å². The third-order valence-corrected chi connectivity index (χ3v) is 4.51. The Labute approximate surface area is 176 Å². The van der Waals surface area contributed by atoms with Crippen molar-refractivity contribution >= 4 is 23.3 Å². The number of ether oxygens (including phenoxy) is 2. The minimum absolute atomic E-state index is 0.214. The van der Waals surface area contributed by atoms with E-state index in [-0.39, 0.29) is 12.5 Å². The van der Waals surface area contributed by atoms with Gasteiger partial charge >= 0.3 is 5.97 Å². The number of esters is 1. The average Bonchev–Trinajstić information content (AvgIpc) is 2.78. The molecule has 0 aliphatic rings. The molecule has 0 saturated carbocycles. The molecule has 3 rings (SSSR count). The summed E-state index contributed by atoms with van der Waals surface area (Å²) < 4.78 is 9.92. The first kappa shape index (κ1) is 20.9. The Balaban J connectivity index is 1.72. The van der Waals surface area contributed by atoms with Gasteiger partial charge in [-0.15, -0.1) is 0 Å². The lowest BCUT2D eigenvalue weighted by atomic mass is 10.1. The fraction of sp³-hybridized carbons (Fsp3) is 0.167. The molecule has 6 nitrogen and oxygen atoms in total. The summed E-state index contributed by atoms with van der Waals surface area (Å²) in [5, 5.41) is 2.97. The Morgan fingerprint density at radius 3 is 2.43 bits per heavy atom. The fourth-order valence-corrected chi connectivity index (χ4v) is 2.98. The Bertz CT molecular complexity index is 1000. The summed E-state index contributed by atoms with van der Waals surface area (Å²) in [6.07, 6.45) is 0. The zero-order chi connectivity index (χ0) is 21.3. The van der Waals surface area contributed by atoms with E-state index in [4.69, 9.17) is 4.74 Å². The number of nitrogens with zero attached hydrogens (tertiary/aromatic N) is 1. The standard InChI is InChI=1S/C24H24N2O4/c1-26(16-18-9-4-3-5-10-18)22-14-7-6-13-21(22)25-24(28)19-11-8-12-20(15-19)30-17-23(27)29-2/h3-15H,16-17H2,1-2H3,(H,25,28). The highest BCUT2D eigenvalue weighted by molar-refractivity contribution is 6.06. The minimum Gasteiger partial charge on any atom is -0.482 e. The van der Waals surface area contributed by atoms with Gasteiger partial charge in [0.05, 0.1) is 18.5 Å². The van der Waals surface area contributed by atoms with Crippen molar-refractivity contribution in [1.29, 1.82) is 0 Å². The maximum Gasteiger partial charge on any atom is 0.343 e. The van der Waals surface area contributed by atoms with Crippen LogP contribution in [0.1, 0.15) is 15.9 Å². The Morgan fingerprint density at radius 2 is 1.67 bits per heavy atom. The molecule has 6 heteroatoms. The summed E-state index contributed by atoms with van der Waals surface area (Å²) in [5.74, 6) is -0.332. The molecule has 30 heavy (non-hydrogen) atoms. The van der Waals surface area contributed by atoms with E-state index in [1.54, 1.807) is 24.3 Å². The third-order valence-electron chi connectivity index (χ3n) is 4.51. The van der Waals surface area contributed by atoms with Crippen molar-refractivity contribution in [3.8, 4) is 5.75 Å². The van der Waals surface area contributed by atoms with Crippen LogP contribution in [0.5, 0.6) is 5.75 Å². The highest BCUT2D eigenvalue weighted by atomic mass is 16.6. The van der Waals surface area contributed by atoms with Crippen LogP contribution in [0.25, 0.3) is 0 Å². The number of amides is 1. The number of para-hydroxylation sites is 2. The summed E-state index contributed by atoms with van der Waals surface area (Å²) in [6, 6.07) is 24.5. The van der Waals surface area contributed by atoms with E-state index in [2.05, 4.69) is 27.1 Å². The first-order valence-corrected chi connectivity index (χ1v) is 9.52. The largest absolute Gasteiger partial charge is 0.482 e. The van der Waals surface area contributed by atoms with E-state index in [0.717, 1.165) is 5.69 Å². The molecule has 0 radical (unpaired) electrons. The molecule has 0 fully saturated rings. The number of anilines is 2. The van der Waals surface area contributed by atoms with Gasteiger partial charge in [0.25, 0.3) is 5.91 Å². The molecule has 1 N–H and O–H groups in total. The molecule has 1 amide bonds. The highest BCUT2D eigenvalue weighted by Crippen LogP contribution is 2.27. The molecule has 0 aliphatic heterocycles. The second kappa shape index (κ2) is 10.1. The number of carbonyl (C=O) groups excluding carboxylic acids is 2. The molecular weight excluding hydrogens is 380 g/mol. The normalized spacial score (nSPS) is 10.2. The summed E-state index contributed by atoms with van der Waals surface area (Å²) in [5.41, 5.74) is 3.23. The number of nitrogens with one attached hydrogen (secondary N) is 1. The second-order valence-corrected chi connectivity index (χ2v) is 6.71. The topological polar surface area (TPSA) is 67.9 Å². The molecule has 3 aromatic rings. The van der Waals surface area contributed by atoms with Crippen LogP contribution in [0.15, 0.2) is 78.9 Å². The van der Waals surface area contributed by atoms with Gasteiger partial charge in [0.15, 0.2) is 6.61 Å². The van der Waals surface area contributed by atoms with E-state index in [0.29, 0.717) is 23.5 Å². The van der Waals surface area contributed by atoms with Crippen LogP contribution in [-0.4, -0.2) is 32.6 Å².